The number of benzene rings is 3. The average Bonchev–Trinajstić information content (AvgIpc) is 3.03. The van der Waals surface area contributed by atoms with E-state index in [0.29, 0.717) is 16.2 Å². The van der Waals surface area contributed by atoms with Crippen molar-refractivity contribution in [2.45, 2.75) is 44.3 Å². The van der Waals surface area contributed by atoms with Crippen molar-refractivity contribution in [3.63, 3.8) is 0 Å². The second kappa shape index (κ2) is 15.1. The van der Waals surface area contributed by atoms with Crippen LogP contribution < -0.4 is 0 Å². The fourth-order valence-electron chi connectivity index (χ4n) is 5.50. The number of ether oxygens (including phenoxy) is 3. The van der Waals surface area contributed by atoms with Crippen LogP contribution in [0.15, 0.2) is 91.0 Å². The lowest BCUT2D eigenvalue weighted by Crippen LogP contribution is -2.42. The van der Waals surface area contributed by atoms with Crippen molar-refractivity contribution in [1.82, 2.24) is 0 Å². The molecule has 0 saturated heterocycles. The van der Waals surface area contributed by atoms with E-state index in [4.69, 9.17) is 26.4 Å². The van der Waals surface area contributed by atoms with Gasteiger partial charge in [0.05, 0.1) is 42.3 Å². The molecule has 0 radical (unpaired) electrons. The van der Waals surface area contributed by atoms with Gasteiger partial charge >= 0.3 is 17.9 Å². The normalized spacial score (nSPS) is 15.3. The summed E-state index contributed by atoms with van der Waals surface area (Å²) in [5, 5.41) is -0.226. The van der Waals surface area contributed by atoms with Crippen molar-refractivity contribution in [2.75, 3.05) is 21.3 Å². The molecule has 0 aliphatic heterocycles. The maximum absolute atomic E-state index is 13.6. The summed E-state index contributed by atoms with van der Waals surface area (Å²) < 4.78 is 16.4. The quantitative estimate of drug-likeness (QED) is 0.114. The molecule has 3 aromatic rings. The van der Waals surface area contributed by atoms with Crippen LogP contribution in [0.4, 0.5) is 0 Å². The summed E-state index contributed by atoms with van der Waals surface area (Å²) in [6, 6.07) is 28.7. The molecule has 0 fully saturated rings. The van der Waals surface area contributed by atoms with Gasteiger partial charge in [0.25, 0.3) is 0 Å². The van der Waals surface area contributed by atoms with Crippen molar-refractivity contribution in [1.29, 1.82) is 0 Å². The summed E-state index contributed by atoms with van der Waals surface area (Å²) in [6.45, 7) is 3.54. The van der Waals surface area contributed by atoms with Crippen molar-refractivity contribution in [3.05, 3.63) is 108 Å². The first-order valence-corrected chi connectivity index (χ1v) is 15.0. The van der Waals surface area contributed by atoms with Gasteiger partial charge in [0.15, 0.2) is 0 Å². The largest absolute Gasteiger partial charge is 0.469 e. The minimum Gasteiger partial charge on any atom is -0.469 e. The zero-order valence-corrected chi connectivity index (χ0v) is 26.3. The Bertz CT molecular complexity index is 1350. The van der Waals surface area contributed by atoms with E-state index >= 15 is 0 Å². The summed E-state index contributed by atoms with van der Waals surface area (Å²) in [5.74, 6) is -2.19. The number of carbonyl (C=O) groups excluding carboxylic acids is 3. The Hall–Kier alpha value is -3.49. The molecule has 3 aromatic carbocycles. The van der Waals surface area contributed by atoms with Crippen LogP contribution in [0.25, 0.3) is 0 Å². The second-order valence-corrected chi connectivity index (χ2v) is 12.7. The van der Waals surface area contributed by atoms with Crippen LogP contribution in [0.5, 0.6) is 0 Å². The van der Waals surface area contributed by atoms with Crippen LogP contribution in [0.1, 0.15) is 61.0 Å². The number of thioether (sulfide) groups is 1. The average molecular weight is 607 g/mol. The lowest BCUT2D eigenvalue weighted by Gasteiger charge is -2.39. The van der Waals surface area contributed by atoms with Crippen molar-refractivity contribution >= 4 is 46.1 Å². The van der Waals surface area contributed by atoms with Gasteiger partial charge in [-0.25, -0.2) is 0 Å². The van der Waals surface area contributed by atoms with Gasteiger partial charge in [-0.1, -0.05) is 103 Å². The predicted octanol–water partition coefficient (Wildman–Crippen LogP) is 7.32. The molecule has 0 saturated carbocycles. The predicted molar refractivity (Wildman–Crippen MR) is 170 cm³/mol. The Balaban J connectivity index is 2.03. The molecule has 0 N–H and O–H groups in total. The molecule has 0 heterocycles. The minimum atomic E-state index is -1.24. The van der Waals surface area contributed by atoms with E-state index in [0.717, 1.165) is 11.1 Å². The molecule has 42 heavy (non-hydrogen) atoms. The van der Waals surface area contributed by atoms with Crippen LogP contribution in [0, 0.1) is 10.8 Å². The Labute approximate surface area is 258 Å². The summed E-state index contributed by atoms with van der Waals surface area (Å²) in [7, 11) is 3.98. The third-order valence-electron chi connectivity index (χ3n) is 7.55. The minimum absolute atomic E-state index is 0.0711. The third kappa shape index (κ3) is 8.29. The molecule has 0 amide bonds. The van der Waals surface area contributed by atoms with Gasteiger partial charge in [-0.15, -0.1) is 11.8 Å². The smallest absolute Gasteiger partial charge is 0.313 e. The number of rotatable bonds is 13. The van der Waals surface area contributed by atoms with Crippen LogP contribution in [-0.2, 0) is 28.6 Å². The molecule has 6 nitrogen and oxygen atoms in total. The van der Waals surface area contributed by atoms with Gasteiger partial charge in [-0.2, -0.15) is 0 Å². The summed E-state index contributed by atoms with van der Waals surface area (Å²) in [4.78, 5) is 40.0. The second-order valence-electron chi connectivity index (χ2n) is 10.8. The Morgan fingerprint density at radius 1 is 0.690 bits per heavy atom. The van der Waals surface area contributed by atoms with Gasteiger partial charge < -0.3 is 14.2 Å². The maximum Gasteiger partial charge on any atom is 0.313 e. The molecule has 0 bridgehead atoms. The van der Waals surface area contributed by atoms with Crippen molar-refractivity contribution < 1.29 is 28.6 Å². The highest BCUT2D eigenvalue weighted by molar-refractivity contribution is 8.23. The van der Waals surface area contributed by atoms with Crippen molar-refractivity contribution in [3.8, 4) is 0 Å². The van der Waals surface area contributed by atoms with Crippen LogP contribution in [0.2, 0.25) is 0 Å². The maximum atomic E-state index is 13.6. The van der Waals surface area contributed by atoms with Crippen LogP contribution in [-0.4, -0.2) is 43.4 Å². The van der Waals surface area contributed by atoms with Crippen LogP contribution in [0.3, 0.4) is 0 Å². The zero-order valence-electron chi connectivity index (χ0n) is 24.7. The summed E-state index contributed by atoms with van der Waals surface area (Å²) >= 11 is 7.32. The highest BCUT2D eigenvalue weighted by atomic mass is 32.2. The Morgan fingerprint density at radius 2 is 1.14 bits per heavy atom. The molecule has 8 heteroatoms. The highest BCUT2D eigenvalue weighted by Gasteiger charge is 2.49. The fraction of sp³-hybridized carbons (Fsp3) is 0.353. The first kappa shape index (κ1) is 33.0. The Morgan fingerprint density at radius 3 is 1.62 bits per heavy atom. The molecule has 4 atom stereocenters. The summed E-state index contributed by atoms with van der Waals surface area (Å²) in [5.41, 5.74) is 0.242. The molecular weight excluding hydrogens is 569 g/mol. The first-order valence-electron chi connectivity index (χ1n) is 13.7. The van der Waals surface area contributed by atoms with Crippen LogP contribution >= 0.6 is 24.0 Å². The molecular formula is C34H38O6S2. The number of thiocarbonyl (C=S) groups is 1. The highest BCUT2D eigenvalue weighted by Crippen LogP contribution is 2.49. The lowest BCUT2D eigenvalue weighted by molar-refractivity contribution is -0.162. The van der Waals surface area contributed by atoms with E-state index in [1.165, 1.54) is 33.1 Å². The van der Waals surface area contributed by atoms with Crippen molar-refractivity contribution in [2.24, 2.45) is 10.8 Å². The van der Waals surface area contributed by atoms with E-state index in [2.05, 4.69) is 0 Å². The lowest BCUT2D eigenvalue weighted by atomic mass is 9.66. The van der Waals surface area contributed by atoms with Gasteiger partial charge in [0.1, 0.15) is 0 Å². The Kier molecular flexibility index (Phi) is 11.9. The van der Waals surface area contributed by atoms with E-state index in [1.54, 1.807) is 13.8 Å². The van der Waals surface area contributed by atoms with Gasteiger partial charge in [0, 0.05) is 5.25 Å². The molecule has 3 rings (SSSR count). The number of hydrogen-bond acceptors (Lipinski definition) is 8. The van der Waals surface area contributed by atoms with Gasteiger partial charge in [0.2, 0.25) is 0 Å². The van der Waals surface area contributed by atoms with Gasteiger partial charge in [-0.05, 0) is 49.8 Å². The topological polar surface area (TPSA) is 78.9 Å². The first-order chi connectivity index (χ1) is 20.1. The number of esters is 3. The summed E-state index contributed by atoms with van der Waals surface area (Å²) in [6.07, 6.45) is 0.471. The SMILES string of the molecule is COC(=O)C(CC(C)(CC(C)(CC(SC(=S)c1ccccc1)c1ccccc1)C(=O)OC)C(=O)OC)c1ccccc1. The number of methoxy groups -OCH3 is 3. The number of carbonyl (C=O) groups is 3. The zero-order chi connectivity index (χ0) is 30.8. The molecule has 222 valence electrons. The molecule has 0 aromatic heterocycles. The van der Waals surface area contributed by atoms with Gasteiger partial charge in [-0.3, -0.25) is 14.4 Å². The monoisotopic (exact) mass is 606 g/mol. The molecule has 4 unspecified atom stereocenters. The molecule has 0 spiro atoms. The fourth-order valence-corrected chi connectivity index (χ4v) is 7.26. The molecule has 0 aliphatic rings. The van der Waals surface area contributed by atoms with E-state index < -0.39 is 34.7 Å². The third-order valence-corrected chi connectivity index (χ3v) is 9.24. The standard InChI is InChI=1S/C34H38O6S2/c1-33(31(36)39-4,21-27(29(35)38-3)24-15-9-6-10-16-24)23-34(2,32(37)40-5)22-28(25-17-11-7-12-18-25)42-30(41)26-19-13-8-14-20-26/h6-20,27-28H,21-23H2,1-5H3. The van der Waals surface area contributed by atoms with E-state index in [1.807, 2.05) is 91.0 Å². The van der Waals surface area contributed by atoms with E-state index in [-0.39, 0.29) is 18.1 Å². The molecule has 0 aliphatic carbocycles. The van der Waals surface area contributed by atoms with E-state index in [9.17, 15) is 14.4 Å². The number of hydrogen-bond donors (Lipinski definition) is 0.